The Balaban J connectivity index is 1.87. The Labute approximate surface area is 105 Å². The van der Waals surface area contributed by atoms with Gasteiger partial charge in [0, 0.05) is 6.07 Å². The predicted octanol–water partition coefficient (Wildman–Crippen LogP) is 2.31. The Bertz CT molecular complexity index is 535. The maximum atomic E-state index is 11.5. The van der Waals surface area contributed by atoms with Crippen molar-refractivity contribution in [1.82, 2.24) is 5.16 Å². The molecule has 0 saturated carbocycles. The van der Waals surface area contributed by atoms with Gasteiger partial charge in [0.15, 0.2) is 12.4 Å². The molecular formula is C13H14N2O3. The molecule has 18 heavy (non-hydrogen) atoms. The van der Waals surface area contributed by atoms with Crippen molar-refractivity contribution in [3.05, 3.63) is 41.7 Å². The average Bonchev–Trinajstić information content (AvgIpc) is 2.83. The lowest BCUT2D eigenvalue weighted by Crippen LogP contribution is -2.20. The van der Waals surface area contributed by atoms with Crippen molar-refractivity contribution in [3.8, 4) is 5.75 Å². The van der Waals surface area contributed by atoms with Crippen molar-refractivity contribution in [3.63, 3.8) is 0 Å². The number of benzene rings is 1. The van der Waals surface area contributed by atoms with Crippen LogP contribution in [0.1, 0.15) is 11.1 Å². The molecule has 0 aliphatic rings. The van der Waals surface area contributed by atoms with Crippen molar-refractivity contribution in [2.45, 2.75) is 13.8 Å². The van der Waals surface area contributed by atoms with Gasteiger partial charge in [-0.3, -0.25) is 4.79 Å². The van der Waals surface area contributed by atoms with E-state index in [9.17, 15) is 4.79 Å². The quantitative estimate of drug-likeness (QED) is 0.899. The molecule has 1 heterocycles. The molecule has 0 unspecified atom stereocenters. The molecule has 2 aromatic rings. The van der Waals surface area contributed by atoms with E-state index >= 15 is 0 Å². The van der Waals surface area contributed by atoms with Gasteiger partial charge in [-0.15, -0.1) is 0 Å². The second kappa shape index (κ2) is 5.35. The summed E-state index contributed by atoms with van der Waals surface area (Å²) in [6, 6.07) is 7.26. The van der Waals surface area contributed by atoms with Crippen LogP contribution in [-0.2, 0) is 4.79 Å². The molecular weight excluding hydrogens is 232 g/mol. The summed E-state index contributed by atoms with van der Waals surface area (Å²) in [6.07, 6.45) is 1.39. The molecule has 0 radical (unpaired) electrons. The molecule has 0 bridgehead atoms. The number of aromatic nitrogens is 1. The number of anilines is 1. The first kappa shape index (κ1) is 12.2. The zero-order valence-corrected chi connectivity index (χ0v) is 10.3. The van der Waals surface area contributed by atoms with Crippen LogP contribution in [0.3, 0.4) is 0 Å². The molecule has 1 N–H and O–H groups in total. The molecule has 1 amide bonds. The zero-order valence-electron chi connectivity index (χ0n) is 10.3. The number of nitrogens with zero attached hydrogens (tertiary/aromatic N) is 1. The first-order valence-corrected chi connectivity index (χ1v) is 5.55. The van der Waals surface area contributed by atoms with Crippen LogP contribution in [0.15, 0.2) is 35.1 Å². The third kappa shape index (κ3) is 3.10. The minimum Gasteiger partial charge on any atom is -0.484 e. The Morgan fingerprint density at radius 3 is 2.83 bits per heavy atom. The summed E-state index contributed by atoms with van der Waals surface area (Å²) in [6.45, 7) is 3.96. The number of aryl methyl sites for hydroxylation is 2. The van der Waals surface area contributed by atoms with Gasteiger partial charge < -0.3 is 14.6 Å². The molecule has 5 nitrogen and oxygen atoms in total. The van der Waals surface area contributed by atoms with Gasteiger partial charge in [-0.2, -0.15) is 0 Å². The number of hydrogen-bond acceptors (Lipinski definition) is 4. The third-order valence-corrected chi connectivity index (χ3v) is 2.55. The summed E-state index contributed by atoms with van der Waals surface area (Å²) in [5.41, 5.74) is 2.32. The van der Waals surface area contributed by atoms with Crippen LogP contribution >= 0.6 is 0 Å². The third-order valence-electron chi connectivity index (χ3n) is 2.55. The maximum Gasteiger partial charge on any atom is 0.263 e. The molecule has 0 aliphatic carbocycles. The van der Waals surface area contributed by atoms with Gasteiger partial charge in [0.25, 0.3) is 5.91 Å². The number of carbonyl (C=O) groups excluding carboxylic acids is 1. The van der Waals surface area contributed by atoms with Gasteiger partial charge in [0.1, 0.15) is 12.0 Å². The van der Waals surface area contributed by atoms with Crippen LogP contribution in [0.25, 0.3) is 0 Å². The zero-order chi connectivity index (χ0) is 13.0. The summed E-state index contributed by atoms with van der Waals surface area (Å²) < 4.78 is 9.98. The molecule has 5 heteroatoms. The van der Waals surface area contributed by atoms with Gasteiger partial charge >= 0.3 is 0 Å². The fourth-order valence-corrected chi connectivity index (χ4v) is 1.41. The second-order valence-corrected chi connectivity index (χ2v) is 3.97. The number of amides is 1. The summed E-state index contributed by atoms with van der Waals surface area (Å²) in [7, 11) is 0. The largest absolute Gasteiger partial charge is 0.484 e. The molecule has 0 fully saturated rings. The molecule has 1 aromatic carbocycles. The number of hydrogen-bond donors (Lipinski definition) is 1. The van der Waals surface area contributed by atoms with Gasteiger partial charge in [-0.05, 0) is 37.1 Å². The van der Waals surface area contributed by atoms with Gasteiger partial charge in [0.05, 0.1) is 0 Å². The van der Waals surface area contributed by atoms with E-state index in [4.69, 9.17) is 4.74 Å². The smallest absolute Gasteiger partial charge is 0.263 e. The number of nitrogens with one attached hydrogen (secondary N) is 1. The highest BCUT2D eigenvalue weighted by Gasteiger charge is 2.05. The number of rotatable bonds is 4. The van der Waals surface area contributed by atoms with Gasteiger partial charge in [-0.25, -0.2) is 0 Å². The lowest BCUT2D eigenvalue weighted by Gasteiger charge is -2.07. The van der Waals surface area contributed by atoms with E-state index in [1.807, 2.05) is 32.0 Å². The summed E-state index contributed by atoms with van der Waals surface area (Å²) in [5, 5.41) is 6.12. The highest BCUT2D eigenvalue weighted by molar-refractivity contribution is 5.90. The van der Waals surface area contributed by atoms with Crippen molar-refractivity contribution >= 4 is 11.7 Å². The molecule has 0 spiro atoms. The van der Waals surface area contributed by atoms with Crippen molar-refractivity contribution in [2.24, 2.45) is 0 Å². The second-order valence-electron chi connectivity index (χ2n) is 3.97. The Kier molecular flexibility index (Phi) is 3.62. The van der Waals surface area contributed by atoms with Crippen molar-refractivity contribution < 1.29 is 14.1 Å². The molecule has 0 atom stereocenters. The molecule has 1 aromatic heterocycles. The minimum atomic E-state index is -0.276. The van der Waals surface area contributed by atoms with E-state index in [0.717, 1.165) is 5.56 Å². The van der Waals surface area contributed by atoms with Crippen molar-refractivity contribution in [2.75, 3.05) is 11.9 Å². The summed E-state index contributed by atoms with van der Waals surface area (Å²) in [4.78, 5) is 11.5. The Hall–Kier alpha value is -2.30. The number of carbonyl (C=O) groups is 1. The highest BCUT2D eigenvalue weighted by atomic mass is 16.5. The molecule has 94 valence electrons. The lowest BCUT2D eigenvalue weighted by atomic mass is 10.1. The van der Waals surface area contributed by atoms with Crippen LogP contribution in [0.5, 0.6) is 5.75 Å². The van der Waals surface area contributed by atoms with Crippen LogP contribution < -0.4 is 10.1 Å². The van der Waals surface area contributed by atoms with Gasteiger partial charge in [-0.1, -0.05) is 11.2 Å². The summed E-state index contributed by atoms with van der Waals surface area (Å²) in [5.74, 6) is 0.777. The Morgan fingerprint density at radius 2 is 2.17 bits per heavy atom. The summed E-state index contributed by atoms with van der Waals surface area (Å²) >= 11 is 0. The lowest BCUT2D eigenvalue weighted by molar-refractivity contribution is -0.118. The normalized spacial score (nSPS) is 10.1. The van der Waals surface area contributed by atoms with E-state index < -0.39 is 0 Å². The maximum absolute atomic E-state index is 11.5. The van der Waals surface area contributed by atoms with E-state index in [-0.39, 0.29) is 12.5 Å². The predicted molar refractivity (Wildman–Crippen MR) is 66.5 cm³/mol. The van der Waals surface area contributed by atoms with E-state index in [1.54, 1.807) is 6.07 Å². The first-order valence-electron chi connectivity index (χ1n) is 5.55. The SMILES string of the molecule is Cc1ccc(OCC(=O)Nc2ccon2)cc1C. The monoisotopic (exact) mass is 246 g/mol. The standard InChI is InChI=1S/C13H14N2O3/c1-9-3-4-11(7-10(9)2)17-8-13(16)14-12-5-6-18-15-12/h3-7H,8H2,1-2H3,(H,14,15,16). The van der Waals surface area contributed by atoms with Crippen LogP contribution in [0, 0.1) is 13.8 Å². The molecule has 0 saturated heterocycles. The fraction of sp³-hybridized carbons (Fsp3) is 0.231. The van der Waals surface area contributed by atoms with E-state index in [0.29, 0.717) is 11.6 Å². The van der Waals surface area contributed by atoms with E-state index in [2.05, 4.69) is 15.0 Å². The fourth-order valence-electron chi connectivity index (χ4n) is 1.41. The average molecular weight is 246 g/mol. The van der Waals surface area contributed by atoms with Crippen molar-refractivity contribution in [1.29, 1.82) is 0 Å². The molecule has 2 rings (SSSR count). The Morgan fingerprint density at radius 1 is 1.33 bits per heavy atom. The van der Waals surface area contributed by atoms with Crippen LogP contribution in [-0.4, -0.2) is 17.7 Å². The van der Waals surface area contributed by atoms with Gasteiger partial charge in [0.2, 0.25) is 0 Å². The molecule has 0 aliphatic heterocycles. The highest BCUT2D eigenvalue weighted by Crippen LogP contribution is 2.16. The van der Waals surface area contributed by atoms with Crippen LogP contribution in [0.4, 0.5) is 5.82 Å². The van der Waals surface area contributed by atoms with E-state index in [1.165, 1.54) is 11.8 Å². The minimum absolute atomic E-state index is 0.0602. The van der Waals surface area contributed by atoms with Crippen LogP contribution in [0.2, 0.25) is 0 Å². The number of ether oxygens (including phenoxy) is 1. The topological polar surface area (TPSA) is 64.4 Å². The first-order chi connectivity index (χ1) is 8.65.